The molecule has 0 amide bonds. The lowest BCUT2D eigenvalue weighted by atomic mass is 10.1. The van der Waals surface area contributed by atoms with E-state index in [0.29, 0.717) is 12.0 Å². The van der Waals surface area contributed by atoms with Gasteiger partial charge in [0, 0.05) is 16.4 Å². The van der Waals surface area contributed by atoms with Crippen LogP contribution in [0.4, 0.5) is 0 Å². The first-order valence-corrected chi connectivity index (χ1v) is 4.58. The van der Waals surface area contributed by atoms with Crippen LogP contribution >= 0.6 is 28.3 Å². The first-order valence-electron chi connectivity index (χ1n) is 3.78. The van der Waals surface area contributed by atoms with E-state index in [1.807, 2.05) is 0 Å². The lowest BCUT2D eigenvalue weighted by molar-refractivity contribution is 0.990. The average molecular weight is 249 g/mol. The summed E-state index contributed by atoms with van der Waals surface area (Å²) in [6.45, 7) is 0. The highest BCUT2D eigenvalue weighted by Crippen LogP contribution is 2.38. The van der Waals surface area contributed by atoms with Crippen molar-refractivity contribution in [2.75, 3.05) is 0 Å². The predicted molar refractivity (Wildman–Crippen MR) is 56.7 cm³/mol. The minimum Gasteiger partial charge on any atom is -0.327 e. The van der Waals surface area contributed by atoms with Crippen molar-refractivity contribution < 1.29 is 0 Å². The molecule has 2 rings (SSSR count). The van der Waals surface area contributed by atoms with Crippen molar-refractivity contribution >= 4 is 28.3 Å². The molecule has 66 valence electrons. The summed E-state index contributed by atoms with van der Waals surface area (Å²) in [6.07, 6.45) is 1.15. The largest absolute Gasteiger partial charge is 0.327 e. The van der Waals surface area contributed by atoms with Gasteiger partial charge in [-0.3, -0.25) is 0 Å². The van der Waals surface area contributed by atoms with Gasteiger partial charge in [-0.1, -0.05) is 28.1 Å². The Kier molecular flexibility index (Phi) is 3.16. The first-order chi connectivity index (χ1) is 5.27. The second-order valence-corrected chi connectivity index (χ2v) is 3.97. The second kappa shape index (κ2) is 3.77. The molecule has 2 atom stereocenters. The Morgan fingerprint density at radius 1 is 1.25 bits per heavy atom. The van der Waals surface area contributed by atoms with Crippen LogP contribution in [0.25, 0.3) is 0 Å². The topological polar surface area (TPSA) is 26.0 Å². The highest BCUT2D eigenvalue weighted by Gasteiger charge is 2.34. The Bertz CT molecular complexity index is 260. The van der Waals surface area contributed by atoms with E-state index in [1.165, 1.54) is 5.56 Å². The van der Waals surface area contributed by atoms with Crippen LogP contribution in [0, 0.1) is 0 Å². The summed E-state index contributed by atoms with van der Waals surface area (Å²) in [4.78, 5) is 0. The Labute approximate surface area is 86.9 Å². The summed E-state index contributed by atoms with van der Waals surface area (Å²) in [5, 5.41) is 0. The van der Waals surface area contributed by atoms with E-state index in [4.69, 9.17) is 5.73 Å². The predicted octanol–water partition coefficient (Wildman–Crippen LogP) is 2.69. The third-order valence-electron chi connectivity index (χ3n) is 2.14. The summed E-state index contributed by atoms with van der Waals surface area (Å²) in [5.41, 5.74) is 7.10. The van der Waals surface area contributed by atoms with Gasteiger partial charge >= 0.3 is 0 Å². The molecule has 1 aromatic carbocycles. The van der Waals surface area contributed by atoms with Crippen LogP contribution < -0.4 is 5.73 Å². The van der Waals surface area contributed by atoms with Gasteiger partial charge in [-0.15, -0.1) is 12.4 Å². The average Bonchev–Trinajstić information content (AvgIpc) is 2.69. The summed E-state index contributed by atoms with van der Waals surface area (Å²) >= 11 is 3.40. The molecular weight excluding hydrogens is 237 g/mol. The van der Waals surface area contributed by atoms with Gasteiger partial charge in [-0.05, 0) is 24.1 Å². The monoisotopic (exact) mass is 247 g/mol. The van der Waals surface area contributed by atoms with Crippen molar-refractivity contribution in [2.24, 2.45) is 5.73 Å². The molecule has 3 heteroatoms. The number of halogens is 2. The third kappa shape index (κ3) is 2.00. The van der Waals surface area contributed by atoms with Crippen LogP contribution in [0.1, 0.15) is 17.9 Å². The smallest absolute Gasteiger partial charge is 0.0175 e. The maximum atomic E-state index is 5.72. The Balaban J connectivity index is 0.000000720. The van der Waals surface area contributed by atoms with Crippen LogP contribution in [-0.2, 0) is 0 Å². The van der Waals surface area contributed by atoms with E-state index in [0.717, 1.165) is 10.9 Å². The summed E-state index contributed by atoms with van der Waals surface area (Å²) < 4.78 is 1.13. The molecule has 0 aromatic heterocycles. The molecule has 0 radical (unpaired) electrons. The standard InChI is InChI=1S/C9H10BrN.ClH/c10-7-3-1-6(2-4-7)8-5-9(8)11;/h1-4,8-9H,5,11H2;1H/t8-,9+;/m1./s1. The summed E-state index contributed by atoms with van der Waals surface area (Å²) in [7, 11) is 0. The molecule has 1 fully saturated rings. The van der Waals surface area contributed by atoms with Gasteiger partial charge in [0.25, 0.3) is 0 Å². The van der Waals surface area contributed by atoms with Crippen LogP contribution in [0.3, 0.4) is 0 Å². The van der Waals surface area contributed by atoms with Gasteiger partial charge < -0.3 is 5.73 Å². The van der Waals surface area contributed by atoms with E-state index in [1.54, 1.807) is 0 Å². The maximum absolute atomic E-state index is 5.72. The molecule has 0 unspecified atom stereocenters. The van der Waals surface area contributed by atoms with E-state index >= 15 is 0 Å². The maximum Gasteiger partial charge on any atom is 0.0175 e. The zero-order valence-electron chi connectivity index (χ0n) is 6.53. The van der Waals surface area contributed by atoms with Gasteiger partial charge in [-0.2, -0.15) is 0 Å². The van der Waals surface area contributed by atoms with E-state index in [2.05, 4.69) is 40.2 Å². The van der Waals surface area contributed by atoms with Gasteiger partial charge in [-0.25, -0.2) is 0 Å². The molecule has 1 aliphatic rings. The number of hydrogen-bond acceptors (Lipinski definition) is 1. The molecule has 0 saturated heterocycles. The van der Waals surface area contributed by atoms with Crippen molar-refractivity contribution in [3.05, 3.63) is 34.3 Å². The number of nitrogens with two attached hydrogens (primary N) is 1. The molecule has 0 spiro atoms. The van der Waals surface area contributed by atoms with Crippen LogP contribution in [0.2, 0.25) is 0 Å². The fourth-order valence-electron chi connectivity index (χ4n) is 1.31. The quantitative estimate of drug-likeness (QED) is 0.812. The normalized spacial score (nSPS) is 26.2. The van der Waals surface area contributed by atoms with E-state index < -0.39 is 0 Å². The molecule has 0 aliphatic heterocycles. The third-order valence-corrected chi connectivity index (χ3v) is 2.67. The molecule has 0 bridgehead atoms. The Hall–Kier alpha value is -0.0500. The van der Waals surface area contributed by atoms with Gasteiger partial charge in [0.05, 0.1) is 0 Å². The highest BCUT2D eigenvalue weighted by molar-refractivity contribution is 9.10. The molecule has 12 heavy (non-hydrogen) atoms. The first kappa shape index (κ1) is 10.0. The highest BCUT2D eigenvalue weighted by atomic mass is 79.9. The molecule has 1 aliphatic carbocycles. The minimum absolute atomic E-state index is 0. The van der Waals surface area contributed by atoms with Crippen molar-refractivity contribution in [2.45, 2.75) is 18.4 Å². The number of benzene rings is 1. The van der Waals surface area contributed by atoms with E-state index in [-0.39, 0.29) is 12.4 Å². The molecular formula is C9H11BrClN. The van der Waals surface area contributed by atoms with Gasteiger partial charge in [0.2, 0.25) is 0 Å². The number of hydrogen-bond donors (Lipinski definition) is 1. The molecule has 0 heterocycles. The van der Waals surface area contributed by atoms with Crippen LogP contribution in [0.15, 0.2) is 28.7 Å². The second-order valence-electron chi connectivity index (χ2n) is 3.06. The lowest BCUT2D eigenvalue weighted by Crippen LogP contribution is -2.00. The van der Waals surface area contributed by atoms with E-state index in [9.17, 15) is 0 Å². The fraction of sp³-hybridized carbons (Fsp3) is 0.333. The fourth-order valence-corrected chi connectivity index (χ4v) is 1.57. The Morgan fingerprint density at radius 2 is 1.75 bits per heavy atom. The zero-order chi connectivity index (χ0) is 7.84. The van der Waals surface area contributed by atoms with Crippen molar-refractivity contribution in [3.8, 4) is 0 Å². The molecule has 1 nitrogen and oxygen atoms in total. The van der Waals surface area contributed by atoms with Crippen molar-refractivity contribution in [3.63, 3.8) is 0 Å². The van der Waals surface area contributed by atoms with Crippen molar-refractivity contribution in [1.82, 2.24) is 0 Å². The molecule has 1 aromatic rings. The van der Waals surface area contributed by atoms with Gasteiger partial charge in [0.15, 0.2) is 0 Å². The van der Waals surface area contributed by atoms with Crippen LogP contribution in [0.5, 0.6) is 0 Å². The van der Waals surface area contributed by atoms with Crippen LogP contribution in [-0.4, -0.2) is 6.04 Å². The SMILES string of the molecule is Cl.N[C@H]1C[C@@H]1c1ccc(Br)cc1. The van der Waals surface area contributed by atoms with Gasteiger partial charge in [0.1, 0.15) is 0 Å². The Morgan fingerprint density at radius 3 is 2.17 bits per heavy atom. The summed E-state index contributed by atoms with van der Waals surface area (Å²) in [5.74, 6) is 0.628. The van der Waals surface area contributed by atoms with Crippen molar-refractivity contribution in [1.29, 1.82) is 0 Å². The lowest BCUT2D eigenvalue weighted by Gasteiger charge is -1.96. The molecule has 1 saturated carbocycles. The zero-order valence-corrected chi connectivity index (χ0v) is 8.94. The minimum atomic E-state index is 0. The molecule has 2 N–H and O–H groups in total. The summed E-state index contributed by atoms with van der Waals surface area (Å²) in [6, 6.07) is 8.83. The number of rotatable bonds is 1.